The SMILES string of the molecule is CC(C)N1CCC(N2CCCC2)C1.CC(C)N1CCCNCC1.CC(C)N1CCN(C)CC1.CC(C)N1CCN2CCCC2(C)C1.CC(C)N1CCN2CCCC2C1.CC(C)N1CCNC(C)(C)C1.CC(C)N1CCNC2(CC2)C1.CC1CN(C(C)C)CC(C)N1.CC1CN(C(C)C)CCN1.CCC1CN(C(C)C)CCN1. The molecule has 664 valence electrons. The van der Waals surface area contributed by atoms with Crippen LogP contribution in [-0.2, 0) is 0 Å². The first-order valence-electron chi connectivity index (χ1n) is 47.7. The molecule has 14 fully saturated rings. The molecule has 14 aliphatic rings. The van der Waals surface area contributed by atoms with Gasteiger partial charge in [-0.05, 0) is 297 Å². The van der Waals surface area contributed by atoms with Gasteiger partial charge >= 0.3 is 0 Å². The van der Waals surface area contributed by atoms with E-state index in [4.69, 9.17) is 0 Å². The molecule has 0 aromatic heterocycles. The minimum Gasteiger partial charge on any atom is -0.315 e. The van der Waals surface area contributed by atoms with Crippen LogP contribution in [0.15, 0.2) is 0 Å². The van der Waals surface area contributed by atoms with Crippen molar-refractivity contribution in [3.63, 3.8) is 0 Å². The van der Waals surface area contributed by atoms with Gasteiger partial charge in [-0.3, -0.25) is 63.7 Å². The molecule has 0 bridgehead atoms. The Morgan fingerprint density at radius 2 is 0.759 bits per heavy atom. The third-order valence-electron chi connectivity index (χ3n) is 27.4. The molecule has 20 nitrogen and oxygen atoms in total. The van der Waals surface area contributed by atoms with Crippen LogP contribution >= 0.6 is 0 Å². The van der Waals surface area contributed by atoms with Gasteiger partial charge in [0.05, 0.1) is 0 Å². The predicted molar refractivity (Wildman–Crippen MR) is 489 cm³/mol. The number of nitrogens with zero attached hydrogens (tertiary/aromatic N) is 14. The first-order chi connectivity index (χ1) is 52.9. The smallest absolute Gasteiger partial charge is 0.0310 e. The summed E-state index contributed by atoms with van der Waals surface area (Å²) in [6, 6.07) is 11.7. The molecular formula is C92H196N20. The van der Waals surface area contributed by atoms with Gasteiger partial charge in [0.15, 0.2) is 0 Å². The van der Waals surface area contributed by atoms with Gasteiger partial charge in [0.25, 0.3) is 0 Å². The van der Waals surface area contributed by atoms with E-state index in [2.05, 4.69) is 294 Å². The zero-order valence-electron chi connectivity index (χ0n) is 79.8. The van der Waals surface area contributed by atoms with Gasteiger partial charge in [-0.15, -0.1) is 0 Å². The lowest BCUT2D eigenvalue weighted by Crippen LogP contribution is -2.58. The number of nitrogens with one attached hydrogen (secondary N) is 6. The average Bonchev–Trinajstić information content (AvgIpc) is 1.64. The highest BCUT2D eigenvalue weighted by Gasteiger charge is 2.46. The lowest BCUT2D eigenvalue weighted by atomic mass is 9.95. The summed E-state index contributed by atoms with van der Waals surface area (Å²) in [5.41, 5.74) is 1.37. The lowest BCUT2D eigenvalue weighted by molar-refractivity contribution is 0.0244. The van der Waals surface area contributed by atoms with Crippen LogP contribution in [-0.4, -0.2) is 411 Å². The maximum atomic E-state index is 3.61. The van der Waals surface area contributed by atoms with Crippen LogP contribution in [0.2, 0.25) is 0 Å². The van der Waals surface area contributed by atoms with E-state index in [0.29, 0.717) is 58.9 Å². The van der Waals surface area contributed by atoms with Crippen molar-refractivity contribution >= 4 is 0 Å². The van der Waals surface area contributed by atoms with Crippen molar-refractivity contribution in [3.05, 3.63) is 0 Å². The maximum Gasteiger partial charge on any atom is 0.0310 e. The molecule has 14 rings (SSSR count). The molecule has 20 heteroatoms. The zero-order valence-corrected chi connectivity index (χ0v) is 79.8. The van der Waals surface area contributed by atoms with E-state index in [1.165, 1.54) is 267 Å². The quantitative estimate of drug-likeness (QED) is 0.111. The Morgan fingerprint density at radius 3 is 1.27 bits per heavy atom. The van der Waals surface area contributed by atoms with Gasteiger partial charge in [0.1, 0.15) is 0 Å². The van der Waals surface area contributed by atoms with Crippen LogP contribution < -0.4 is 31.9 Å². The Morgan fingerprint density at radius 1 is 0.321 bits per heavy atom. The Kier molecular flexibility index (Phi) is 47.7. The summed E-state index contributed by atoms with van der Waals surface area (Å²) in [6.45, 7) is 104. The molecule has 0 amide bonds. The Hall–Kier alpha value is -0.800. The fourth-order valence-corrected chi connectivity index (χ4v) is 19.0. The van der Waals surface area contributed by atoms with Crippen molar-refractivity contribution in [2.45, 2.75) is 371 Å². The molecule has 0 aromatic rings. The summed E-state index contributed by atoms with van der Waals surface area (Å²) in [4.78, 5) is 36.1. The van der Waals surface area contributed by atoms with Crippen molar-refractivity contribution in [2.75, 3.05) is 230 Å². The fourth-order valence-electron chi connectivity index (χ4n) is 19.0. The molecule has 13 aliphatic heterocycles. The molecule has 7 atom stereocenters. The largest absolute Gasteiger partial charge is 0.315 e. The standard InChI is InChI=1S/2C11H22N2.C10H20N2.C9H18N2.3C9H20N2.3C8H18N2/c1-10(2)12-7-8-13-6-4-5-11(13,3)9-12;1-10(2)13-8-5-11(9-13)12-6-3-4-7-12;1-9(2)12-7-6-11-5-3-4-10(11)8-12;1-8(2)11-6-5-10-9(7-11)3-4-9;1-7(2)11-5-8(3)10-9(4)6-11;1-8(2)11-6-5-10-9(3,4)7-11;1-4-9-7-11(8(2)3)6-5-10-9;1-8(2)10-6-4-9(3)5-7-10;1-7(2)10-5-4-9-8(3)6-10;1-8(2)10-6-3-4-9-5-7-10/h10H,4-9H2,1-3H3;10-11H,3-9H2,1-2H3;9-10H,3-8H2,1-2H3;8,10H,3-7H2,1-2H3;7-10H,5-6H2,1-4H3;8,10H,5-7H2,1-4H3;8-10H,4-7H2,1-3H3;8H,4-7H2,1-3H3;7-9H,4-6H2,1-3H3;8-9H,3-7H2,1-2H3. The normalized spacial score (nSPS) is 29.9. The van der Waals surface area contributed by atoms with Gasteiger partial charge in [-0.25, -0.2) is 0 Å². The average molecular weight is 1580 g/mol. The van der Waals surface area contributed by atoms with E-state index in [9.17, 15) is 0 Å². The second-order valence-electron chi connectivity index (χ2n) is 40.8. The van der Waals surface area contributed by atoms with Crippen molar-refractivity contribution in [2.24, 2.45) is 0 Å². The number of likely N-dealkylation sites (N-methyl/N-ethyl adjacent to an activating group) is 1. The molecule has 6 N–H and O–H groups in total. The summed E-state index contributed by atoms with van der Waals surface area (Å²) in [5, 5.41) is 21.0. The molecule has 1 spiro atoms. The highest BCUT2D eigenvalue weighted by atomic mass is 15.3. The number of piperazine rings is 8. The van der Waals surface area contributed by atoms with E-state index < -0.39 is 0 Å². The van der Waals surface area contributed by atoms with Gasteiger partial charge < -0.3 is 36.8 Å². The number of rotatable bonds is 12. The van der Waals surface area contributed by atoms with Crippen LogP contribution in [0.25, 0.3) is 0 Å². The molecule has 112 heavy (non-hydrogen) atoms. The summed E-state index contributed by atoms with van der Waals surface area (Å²) in [7, 11) is 2.19. The summed E-state index contributed by atoms with van der Waals surface area (Å²) in [5.74, 6) is 0. The first kappa shape index (κ1) is 102. The van der Waals surface area contributed by atoms with Crippen molar-refractivity contribution in [3.8, 4) is 0 Å². The molecular weight excluding hydrogens is 1390 g/mol. The monoisotopic (exact) mass is 1580 g/mol. The molecule has 7 unspecified atom stereocenters. The molecule has 0 aromatic carbocycles. The van der Waals surface area contributed by atoms with Crippen molar-refractivity contribution in [1.82, 2.24) is 100 Å². The van der Waals surface area contributed by atoms with Gasteiger partial charge in [-0.1, -0.05) is 6.92 Å². The summed E-state index contributed by atoms with van der Waals surface area (Å²) >= 11 is 0. The molecule has 1 aliphatic carbocycles. The molecule has 0 radical (unpaired) electrons. The minimum atomic E-state index is 0.308. The topological polar surface area (TPSA) is 118 Å². The van der Waals surface area contributed by atoms with Crippen LogP contribution in [0.5, 0.6) is 0 Å². The summed E-state index contributed by atoms with van der Waals surface area (Å²) < 4.78 is 0. The van der Waals surface area contributed by atoms with Gasteiger partial charge in [0.2, 0.25) is 0 Å². The van der Waals surface area contributed by atoms with E-state index >= 15 is 0 Å². The van der Waals surface area contributed by atoms with Gasteiger partial charge in [-0.2, -0.15) is 0 Å². The summed E-state index contributed by atoms with van der Waals surface area (Å²) in [6.07, 6.45) is 15.3. The predicted octanol–water partition coefficient (Wildman–Crippen LogP) is 10.4. The minimum absolute atomic E-state index is 0.308. The third-order valence-corrected chi connectivity index (χ3v) is 27.4. The fraction of sp³-hybridized carbons (Fsp3) is 1.00. The third kappa shape index (κ3) is 38.1. The van der Waals surface area contributed by atoms with Crippen LogP contribution in [0, 0.1) is 0 Å². The molecule has 13 saturated heterocycles. The molecule has 13 heterocycles. The van der Waals surface area contributed by atoms with E-state index in [-0.39, 0.29) is 0 Å². The highest BCUT2D eigenvalue weighted by molar-refractivity contribution is 5.07. The number of likely N-dealkylation sites (tertiary alicyclic amines) is 2. The second-order valence-corrected chi connectivity index (χ2v) is 40.8. The van der Waals surface area contributed by atoms with Crippen LogP contribution in [0.1, 0.15) is 258 Å². The molecule has 1 saturated carbocycles. The van der Waals surface area contributed by atoms with E-state index in [0.717, 1.165) is 80.6 Å². The Balaban J connectivity index is 0.000000223. The second kappa shape index (κ2) is 52.5. The van der Waals surface area contributed by atoms with Crippen molar-refractivity contribution in [1.29, 1.82) is 0 Å². The van der Waals surface area contributed by atoms with Crippen LogP contribution in [0.3, 0.4) is 0 Å². The highest BCUT2D eigenvalue weighted by Crippen LogP contribution is 2.38. The number of hydrogen-bond acceptors (Lipinski definition) is 20. The van der Waals surface area contributed by atoms with E-state index in [1.54, 1.807) is 0 Å². The maximum absolute atomic E-state index is 3.61. The van der Waals surface area contributed by atoms with Crippen molar-refractivity contribution < 1.29 is 0 Å². The number of hydrogen-bond donors (Lipinski definition) is 6. The Bertz CT molecular complexity index is 2300. The van der Waals surface area contributed by atoms with Gasteiger partial charge in [0, 0.05) is 297 Å². The Labute approximate surface area is 697 Å². The van der Waals surface area contributed by atoms with E-state index in [1.807, 2.05) is 0 Å². The van der Waals surface area contributed by atoms with Crippen LogP contribution in [0.4, 0.5) is 0 Å². The zero-order chi connectivity index (χ0) is 82.9. The lowest BCUT2D eigenvalue weighted by Gasteiger charge is -2.46. The number of fused-ring (bicyclic) bond motifs is 2. The first-order valence-corrected chi connectivity index (χ1v) is 47.7.